The van der Waals surface area contributed by atoms with Crippen LogP contribution in [0.4, 0.5) is 0 Å². The van der Waals surface area contributed by atoms with Crippen LogP contribution in [0.2, 0.25) is 6.55 Å². The number of rotatable bonds is 7. The fourth-order valence-corrected chi connectivity index (χ4v) is 5.19. The largest absolute Gasteiger partial charge is 0.373 e. The lowest BCUT2D eigenvalue weighted by atomic mass is 9.75. The van der Waals surface area contributed by atoms with Crippen molar-refractivity contribution >= 4 is 19.2 Å². The molecule has 3 nitrogen and oxygen atoms in total. The molecule has 0 heterocycles. The highest BCUT2D eigenvalue weighted by Crippen LogP contribution is 2.35. The van der Waals surface area contributed by atoms with E-state index in [0.717, 1.165) is 12.8 Å². The zero-order valence-electron chi connectivity index (χ0n) is 16.5. The smallest absolute Gasteiger partial charge is 0.293 e. The highest BCUT2D eigenvalue weighted by atomic mass is 28.3. The summed E-state index contributed by atoms with van der Waals surface area (Å²) in [6.07, 6.45) is 3.27. The first-order chi connectivity index (χ1) is 12.3. The van der Waals surface area contributed by atoms with E-state index in [2.05, 4.69) is 40.5 Å². The van der Waals surface area contributed by atoms with Crippen molar-refractivity contribution < 1.29 is 14.6 Å². The predicted octanol–water partition coefficient (Wildman–Crippen LogP) is 4.97. The maximum Gasteiger partial charge on any atom is 0.373 e. The van der Waals surface area contributed by atoms with Crippen molar-refractivity contribution in [3.63, 3.8) is 0 Å². The van der Waals surface area contributed by atoms with Crippen LogP contribution < -0.4 is 5.19 Å². The molecule has 4 heteroatoms. The number of carbonyl (C=O) groups excluding carboxylic acids is 1. The Morgan fingerprint density at radius 1 is 1.19 bits per heavy atom. The molecule has 1 saturated carbocycles. The predicted molar refractivity (Wildman–Crippen MR) is 110 cm³/mol. The highest BCUT2D eigenvalue weighted by molar-refractivity contribution is 6.98. The second-order valence-electron chi connectivity index (χ2n) is 8.10. The summed E-state index contributed by atoms with van der Waals surface area (Å²) in [5.74, 6) is 1.13. The number of hydrogen-bond donors (Lipinski definition) is 0. The molecule has 1 fully saturated rings. The second kappa shape index (κ2) is 8.83. The minimum absolute atomic E-state index is 0.0146. The molecule has 3 atom stereocenters. The summed E-state index contributed by atoms with van der Waals surface area (Å²) in [6, 6.07) is 7.52. The molecule has 0 saturated heterocycles. The van der Waals surface area contributed by atoms with E-state index in [0.29, 0.717) is 23.3 Å². The fourth-order valence-electron chi connectivity index (χ4n) is 3.66. The van der Waals surface area contributed by atoms with Crippen LogP contribution in [-0.4, -0.2) is 20.1 Å². The van der Waals surface area contributed by atoms with Crippen LogP contribution >= 0.6 is 0 Å². The van der Waals surface area contributed by atoms with Gasteiger partial charge in [0, 0.05) is 0 Å². The van der Waals surface area contributed by atoms with Gasteiger partial charge in [-0.15, -0.1) is 13.2 Å². The SMILES string of the molecule is C=C[Si](C)(C=C)c1ccc(C(=O)OOC2CC(C)CCC2C(C)C)cc1. The van der Waals surface area contributed by atoms with Gasteiger partial charge in [0.25, 0.3) is 0 Å². The Morgan fingerprint density at radius 3 is 2.35 bits per heavy atom. The second-order valence-corrected chi connectivity index (χ2v) is 12.1. The number of carbonyl (C=O) groups is 1. The van der Waals surface area contributed by atoms with Crippen molar-refractivity contribution in [2.75, 3.05) is 0 Å². The summed E-state index contributed by atoms with van der Waals surface area (Å²) in [6.45, 7) is 16.7. The average molecular weight is 373 g/mol. The summed E-state index contributed by atoms with van der Waals surface area (Å²) in [4.78, 5) is 23.2. The topological polar surface area (TPSA) is 35.5 Å². The molecule has 0 spiro atoms. The number of hydrogen-bond acceptors (Lipinski definition) is 3. The first-order valence-corrected chi connectivity index (χ1v) is 12.2. The molecule has 0 bridgehead atoms. The Kier molecular flexibility index (Phi) is 7.01. The Morgan fingerprint density at radius 2 is 1.81 bits per heavy atom. The van der Waals surface area contributed by atoms with Crippen molar-refractivity contribution in [3.8, 4) is 0 Å². The van der Waals surface area contributed by atoms with E-state index in [1.807, 2.05) is 23.5 Å². The van der Waals surface area contributed by atoms with E-state index in [4.69, 9.17) is 9.78 Å². The molecular weight excluding hydrogens is 340 g/mol. The summed E-state index contributed by atoms with van der Waals surface area (Å²) in [5, 5.41) is 1.17. The molecule has 26 heavy (non-hydrogen) atoms. The van der Waals surface area contributed by atoms with Crippen LogP contribution in [-0.2, 0) is 9.78 Å². The van der Waals surface area contributed by atoms with Crippen molar-refractivity contribution in [1.29, 1.82) is 0 Å². The molecule has 1 aliphatic rings. The Hall–Kier alpha value is -1.65. The van der Waals surface area contributed by atoms with Gasteiger partial charge >= 0.3 is 5.97 Å². The molecular formula is C22H32O3Si. The van der Waals surface area contributed by atoms with E-state index in [-0.39, 0.29) is 6.10 Å². The van der Waals surface area contributed by atoms with Crippen molar-refractivity contribution in [2.45, 2.75) is 52.7 Å². The summed E-state index contributed by atoms with van der Waals surface area (Å²) >= 11 is 0. The normalized spacial score (nSPS) is 23.5. The molecule has 1 aliphatic carbocycles. The molecule has 2 rings (SSSR count). The van der Waals surface area contributed by atoms with E-state index >= 15 is 0 Å². The van der Waals surface area contributed by atoms with E-state index in [1.54, 1.807) is 12.1 Å². The molecule has 0 aliphatic heterocycles. The van der Waals surface area contributed by atoms with Gasteiger partial charge < -0.3 is 0 Å². The Bertz CT molecular complexity index is 627. The lowest BCUT2D eigenvalue weighted by molar-refractivity contribution is -0.296. The van der Waals surface area contributed by atoms with Gasteiger partial charge in [-0.3, -0.25) is 4.89 Å². The summed E-state index contributed by atoms with van der Waals surface area (Å²) in [7, 11) is -1.86. The lowest BCUT2D eigenvalue weighted by Gasteiger charge is -2.35. The maximum atomic E-state index is 12.4. The standard InChI is InChI=1S/C22H32O3Si/c1-7-26(6,8-2)19-12-10-18(11-13-19)22(23)25-24-21-15-17(5)9-14-20(21)16(3)4/h7-8,10-13,16-17,20-21H,1-2,9,14-15H2,3-6H3. The number of benzene rings is 1. The molecule has 0 amide bonds. The van der Waals surface area contributed by atoms with Gasteiger partial charge in [0.15, 0.2) is 0 Å². The first-order valence-electron chi connectivity index (χ1n) is 9.56. The third kappa shape index (κ3) is 4.74. The van der Waals surface area contributed by atoms with Gasteiger partial charge in [-0.2, -0.15) is 4.89 Å². The van der Waals surface area contributed by atoms with Crippen LogP contribution in [0.3, 0.4) is 0 Å². The average Bonchev–Trinajstić information content (AvgIpc) is 2.65. The molecule has 0 N–H and O–H groups in total. The third-order valence-corrected chi connectivity index (χ3v) is 9.07. The van der Waals surface area contributed by atoms with E-state index in [9.17, 15) is 4.79 Å². The zero-order valence-corrected chi connectivity index (χ0v) is 17.5. The van der Waals surface area contributed by atoms with Gasteiger partial charge in [0.05, 0.1) is 5.56 Å². The zero-order chi connectivity index (χ0) is 19.3. The van der Waals surface area contributed by atoms with Crippen LogP contribution in [0.25, 0.3) is 0 Å². The van der Waals surface area contributed by atoms with Gasteiger partial charge in [-0.05, 0) is 42.7 Å². The fraction of sp³-hybridized carbons (Fsp3) is 0.500. The maximum absolute atomic E-state index is 12.4. The van der Waals surface area contributed by atoms with Crippen molar-refractivity contribution in [3.05, 3.63) is 54.4 Å². The summed E-state index contributed by atoms with van der Waals surface area (Å²) in [5.41, 5.74) is 4.46. The Balaban J connectivity index is 2.01. The molecule has 0 radical (unpaired) electrons. The third-order valence-electron chi connectivity index (χ3n) is 5.80. The summed E-state index contributed by atoms with van der Waals surface area (Å²) < 4.78 is 0. The van der Waals surface area contributed by atoms with Crippen LogP contribution in [0.15, 0.2) is 48.8 Å². The van der Waals surface area contributed by atoms with Gasteiger partial charge in [-0.25, -0.2) is 4.79 Å². The van der Waals surface area contributed by atoms with Crippen molar-refractivity contribution in [2.24, 2.45) is 17.8 Å². The van der Waals surface area contributed by atoms with Crippen LogP contribution in [0.1, 0.15) is 50.4 Å². The first kappa shape index (κ1) is 20.7. The van der Waals surface area contributed by atoms with Gasteiger partial charge in [0.1, 0.15) is 14.2 Å². The molecule has 3 unspecified atom stereocenters. The molecule has 1 aromatic carbocycles. The minimum atomic E-state index is -1.86. The van der Waals surface area contributed by atoms with Crippen LogP contribution in [0, 0.1) is 17.8 Å². The molecule has 0 aromatic heterocycles. The lowest BCUT2D eigenvalue weighted by Crippen LogP contribution is -2.40. The van der Waals surface area contributed by atoms with Gasteiger partial charge in [-0.1, -0.05) is 62.5 Å². The molecule has 1 aromatic rings. The molecule has 142 valence electrons. The van der Waals surface area contributed by atoms with Crippen molar-refractivity contribution in [1.82, 2.24) is 0 Å². The van der Waals surface area contributed by atoms with E-state index in [1.165, 1.54) is 11.6 Å². The monoisotopic (exact) mass is 372 g/mol. The van der Waals surface area contributed by atoms with Crippen LogP contribution in [0.5, 0.6) is 0 Å². The highest BCUT2D eigenvalue weighted by Gasteiger charge is 2.33. The minimum Gasteiger partial charge on any atom is -0.293 e. The van der Waals surface area contributed by atoms with Gasteiger partial charge in [0.2, 0.25) is 0 Å². The Labute approximate surface area is 159 Å². The quantitative estimate of drug-likeness (QED) is 0.385. The van der Waals surface area contributed by atoms with E-state index < -0.39 is 14.0 Å².